The molecule has 114 valence electrons. The van der Waals surface area contributed by atoms with Crippen LogP contribution in [0.3, 0.4) is 0 Å². The van der Waals surface area contributed by atoms with Crippen molar-refractivity contribution in [2.45, 2.75) is 26.8 Å². The molecule has 4 heteroatoms. The van der Waals surface area contributed by atoms with E-state index in [1.807, 2.05) is 27.0 Å². The lowest BCUT2D eigenvalue weighted by Gasteiger charge is -2.19. The number of thiophene rings is 1. The van der Waals surface area contributed by atoms with Gasteiger partial charge < -0.3 is 14.8 Å². The second-order valence-electron chi connectivity index (χ2n) is 4.73. The first-order valence-corrected chi connectivity index (χ1v) is 8.20. The smallest absolute Gasteiger partial charge is 0.161 e. The number of hydrogen-bond donors (Lipinski definition) is 1. The van der Waals surface area contributed by atoms with Crippen LogP contribution in [0.25, 0.3) is 0 Å². The molecule has 1 aromatic carbocycles. The Balaban J connectivity index is 2.38. The predicted molar refractivity (Wildman–Crippen MR) is 88.7 cm³/mol. The van der Waals surface area contributed by atoms with Crippen molar-refractivity contribution >= 4 is 11.3 Å². The summed E-state index contributed by atoms with van der Waals surface area (Å²) in [6.45, 7) is 7.39. The highest BCUT2D eigenvalue weighted by molar-refractivity contribution is 7.10. The first kappa shape index (κ1) is 15.9. The standard InChI is InChI=1S/C17H23NO2S/c1-5-19-15-8-7-13(11-16(15)20-6-2)17(18-4)14-9-10-21-12(14)3/h7-11,17-18H,5-6H2,1-4H3. The molecule has 1 heterocycles. The molecule has 0 aliphatic carbocycles. The van der Waals surface area contributed by atoms with Gasteiger partial charge in [-0.05, 0) is 62.5 Å². The Hall–Kier alpha value is -1.52. The number of aryl methyl sites for hydroxylation is 1. The van der Waals surface area contributed by atoms with Gasteiger partial charge in [-0.2, -0.15) is 0 Å². The Labute approximate surface area is 130 Å². The van der Waals surface area contributed by atoms with Crippen LogP contribution in [-0.2, 0) is 0 Å². The fourth-order valence-corrected chi connectivity index (χ4v) is 3.18. The van der Waals surface area contributed by atoms with Crippen molar-refractivity contribution in [3.63, 3.8) is 0 Å². The van der Waals surface area contributed by atoms with E-state index in [0.29, 0.717) is 13.2 Å². The van der Waals surface area contributed by atoms with Gasteiger partial charge in [0.05, 0.1) is 19.3 Å². The summed E-state index contributed by atoms with van der Waals surface area (Å²) >= 11 is 1.77. The molecule has 0 spiro atoms. The molecule has 0 saturated heterocycles. The molecule has 1 aromatic heterocycles. The van der Waals surface area contributed by atoms with Crippen molar-refractivity contribution in [3.05, 3.63) is 45.6 Å². The summed E-state index contributed by atoms with van der Waals surface area (Å²) in [6.07, 6.45) is 0. The molecule has 3 nitrogen and oxygen atoms in total. The molecule has 0 fully saturated rings. The number of rotatable bonds is 7. The molecule has 0 aliphatic rings. The molecule has 1 N–H and O–H groups in total. The lowest BCUT2D eigenvalue weighted by atomic mass is 9.99. The third-order valence-corrected chi connectivity index (χ3v) is 4.26. The average Bonchev–Trinajstić information content (AvgIpc) is 2.89. The van der Waals surface area contributed by atoms with Gasteiger partial charge in [0.25, 0.3) is 0 Å². The van der Waals surface area contributed by atoms with Crippen LogP contribution in [-0.4, -0.2) is 20.3 Å². The maximum Gasteiger partial charge on any atom is 0.161 e. The van der Waals surface area contributed by atoms with Gasteiger partial charge in [-0.3, -0.25) is 0 Å². The molecule has 0 aliphatic heterocycles. The van der Waals surface area contributed by atoms with Gasteiger partial charge in [0.15, 0.2) is 11.5 Å². The first-order chi connectivity index (χ1) is 10.2. The van der Waals surface area contributed by atoms with Crippen molar-refractivity contribution in [1.29, 1.82) is 0 Å². The topological polar surface area (TPSA) is 30.5 Å². The number of hydrogen-bond acceptors (Lipinski definition) is 4. The second kappa shape index (κ2) is 7.48. The summed E-state index contributed by atoms with van der Waals surface area (Å²) in [5.74, 6) is 1.62. The van der Waals surface area contributed by atoms with E-state index in [1.165, 1.54) is 16.0 Å². The van der Waals surface area contributed by atoms with Crippen LogP contribution in [0.5, 0.6) is 11.5 Å². The molecule has 1 unspecified atom stereocenters. The van der Waals surface area contributed by atoms with Crippen LogP contribution in [0.2, 0.25) is 0 Å². The normalized spacial score (nSPS) is 12.2. The van der Waals surface area contributed by atoms with Crippen LogP contribution in [0, 0.1) is 6.92 Å². The van der Waals surface area contributed by atoms with E-state index in [1.54, 1.807) is 11.3 Å². The average molecular weight is 305 g/mol. The molecule has 0 amide bonds. The van der Waals surface area contributed by atoms with Crippen molar-refractivity contribution in [3.8, 4) is 11.5 Å². The monoisotopic (exact) mass is 305 g/mol. The molecule has 21 heavy (non-hydrogen) atoms. The van der Waals surface area contributed by atoms with Crippen LogP contribution >= 0.6 is 11.3 Å². The fourth-order valence-electron chi connectivity index (χ4n) is 2.44. The van der Waals surface area contributed by atoms with E-state index in [4.69, 9.17) is 9.47 Å². The van der Waals surface area contributed by atoms with E-state index in [2.05, 4.69) is 35.8 Å². The van der Waals surface area contributed by atoms with Crippen LogP contribution in [0.4, 0.5) is 0 Å². The Morgan fingerprint density at radius 1 is 1.10 bits per heavy atom. The Kier molecular flexibility index (Phi) is 5.65. The number of nitrogens with one attached hydrogen (secondary N) is 1. The maximum absolute atomic E-state index is 5.72. The predicted octanol–water partition coefficient (Wildman–Crippen LogP) is 4.16. The SMILES string of the molecule is CCOc1ccc(C(NC)c2ccsc2C)cc1OCC. The van der Waals surface area contributed by atoms with Gasteiger partial charge in [-0.15, -0.1) is 11.3 Å². The summed E-state index contributed by atoms with van der Waals surface area (Å²) in [5, 5.41) is 5.52. The molecule has 2 aromatic rings. The van der Waals surface area contributed by atoms with Crippen molar-refractivity contribution in [1.82, 2.24) is 5.32 Å². The van der Waals surface area contributed by atoms with Gasteiger partial charge in [0.2, 0.25) is 0 Å². The summed E-state index contributed by atoms with van der Waals surface area (Å²) in [7, 11) is 1.98. The lowest BCUT2D eigenvalue weighted by Crippen LogP contribution is -2.18. The van der Waals surface area contributed by atoms with Crippen molar-refractivity contribution in [2.24, 2.45) is 0 Å². The van der Waals surface area contributed by atoms with E-state index in [0.717, 1.165) is 11.5 Å². The summed E-state index contributed by atoms with van der Waals surface area (Å²) in [4.78, 5) is 1.33. The lowest BCUT2D eigenvalue weighted by molar-refractivity contribution is 0.287. The summed E-state index contributed by atoms with van der Waals surface area (Å²) in [5.41, 5.74) is 2.50. The fraction of sp³-hybridized carbons (Fsp3) is 0.412. The van der Waals surface area contributed by atoms with Gasteiger partial charge in [-0.1, -0.05) is 6.07 Å². The second-order valence-corrected chi connectivity index (χ2v) is 5.85. The molecule has 0 bridgehead atoms. The largest absolute Gasteiger partial charge is 0.490 e. The molecule has 1 atom stereocenters. The molecular weight excluding hydrogens is 282 g/mol. The van der Waals surface area contributed by atoms with E-state index in [-0.39, 0.29) is 6.04 Å². The highest BCUT2D eigenvalue weighted by Crippen LogP contribution is 2.34. The van der Waals surface area contributed by atoms with E-state index in [9.17, 15) is 0 Å². The Morgan fingerprint density at radius 2 is 1.81 bits per heavy atom. The Bertz CT molecular complexity index is 580. The molecule has 0 radical (unpaired) electrons. The van der Waals surface area contributed by atoms with Gasteiger partial charge in [0, 0.05) is 4.88 Å². The quantitative estimate of drug-likeness (QED) is 0.833. The zero-order valence-corrected chi connectivity index (χ0v) is 13.9. The van der Waals surface area contributed by atoms with Gasteiger partial charge in [0.1, 0.15) is 0 Å². The van der Waals surface area contributed by atoms with Crippen LogP contribution in [0.1, 0.15) is 35.9 Å². The zero-order valence-electron chi connectivity index (χ0n) is 13.1. The highest BCUT2D eigenvalue weighted by atomic mass is 32.1. The van der Waals surface area contributed by atoms with E-state index >= 15 is 0 Å². The van der Waals surface area contributed by atoms with E-state index < -0.39 is 0 Å². The van der Waals surface area contributed by atoms with Crippen LogP contribution in [0.15, 0.2) is 29.6 Å². The molecule has 0 saturated carbocycles. The summed E-state index contributed by atoms with van der Waals surface area (Å²) in [6, 6.07) is 8.53. The summed E-state index contributed by atoms with van der Waals surface area (Å²) < 4.78 is 11.4. The van der Waals surface area contributed by atoms with Crippen molar-refractivity contribution in [2.75, 3.05) is 20.3 Å². The number of benzene rings is 1. The first-order valence-electron chi connectivity index (χ1n) is 7.32. The molecular formula is C17H23NO2S. The highest BCUT2D eigenvalue weighted by Gasteiger charge is 2.17. The third kappa shape index (κ3) is 3.57. The number of ether oxygens (including phenoxy) is 2. The zero-order chi connectivity index (χ0) is 15.2. The van der Waals surface area contributed by atoms with Gasteiger partial charge >= 0.3 is 0 Å². The Morgan fingerprint density at radius 3 is 2.38 bits per heavy atom. The minimum Gasteiger partial charge on any atom is -0.490 e. The maximum atomic E-state index is 5.72. The van der Waals surface area contributed by atoms with Gasteiger partial charge in [-0.25, -0.2) is 0 Å². The minimum atomic E-state index is 0.172. The van der Waals surface area contributed by atoms with Crippen LogP contribution < -0.4 is 14.8 Å². The minimum absolute atomic E-state index is 0.172. The third-order valence-electron chi connectivity index (χ3n) is 3.40. The molecule has 2 rings (SSSR count). The van der Waals surface area contributed by atoms with Crippen molar-refractivity contribution < 1.29 is 9.47 Å².